The molecule has 6 nitrogen and oxygen atoms in total. The maximum Gasteiger partial charge on any atom is 0.255 e. The zero-order valence-electron chi connectivity index (χ0n) is 14.3. The van der Waals surface area contributed by atoms with Gasteiger partial charge in [-0.15, -0.1) is 0 Å². The first-order chi connectivity index (χ1) is 12.6. The van der Waals surface area contributed by atoms with E-state index in [1.165, 1.54) is 6.26 Å². The summed E-state index contributed by atoms with van der Waals surface area (Å²) in [5, 5.41) is 5.96. The minimum atomic E-state index is -0.327. The quantitative estimate of drug-likeness (QED) is 0.888. The number of carbonyl (C=O) groups is 3. The number of hydrogen-bond acceptors (Lipinski definition) is 4. The van der Waals surface area contributed by atoms with Crippen molar-refractivity contribution in [3.05, 3.63) is 59.0 Å². The van der Waals surface area contributed by atoms with Gasteiger partial charge in [0.2, 0.25) is 5.91 Å². The smallest absolute Gasteiger partial charge is 0.255 e. The minimum absolute atomic E-state index is 0.0276. The van der Waals surface area contributed by atoms with Crippen LogP contribution in [0, 0.1) is 0 Å². The summed E-state index contributed by atoms with van der Waals surface area (Å²) >= 11 is 0. The summed E-state index contributed by atoms with van der Waals surface area (Å²) < 4.78 is 5.44. The lowest BCUT2D eigenvalue weighted by atomic mass is 9.91. The highest BCUT2D eigenvalue weighted by molar-refractivity contribution is 6.09. The average molecular weight is 352 g/mol. The molecule has 2 aliphatic rings. The van der Waals surface area contributed by atoms with E-state index < -0.39 is 0 Å². The average Bonchev–Trinajstić information content (AvgIpc) is 3.09. The number of ketones is 1. The van der Waals surface area contributed by atoms with Crippen molar-refractivity contribution in [2.45, 2.75) is 44.2 Å². The number of nitrogens with one attached hydrogen (secondary N) is 2. The van der Waals surface area contributed by atoms with Gasteiger partial charge in [0.25, 0.3) is 5.91 Å². The Kier molecular flexibility index (Phi) is 4.32. The standard InChI is InChI=1S/C20H20N2O4/c23-15-7-4-8-16-18(15)13(11-26-16)20(25)21-14-9-10-17(24)22-19(14)12-5-2-1-3-6-12/h1-3,5-6,11,14,19H,4,7-10H2,(H,21,25)(H,22,24)/t14-,19+/m1/s1. The van der Waals surface area contributed by atoms with Crippen LogP contribution < -0.4 is 10.6 Å². The molecule has 0 radical (unpaired) electrons. The lowest BCUT2D eigenvalue weighted by Crippen LogP contribution is -2.50. The van der Waals surface area contributed by atoms with Crippen molar-refractivity contribution in [2.75, 3.05) is 0 Å². The topological polar surface area (TPSA) is 88.4 Å². The largest absolute Gasteiger partial charge is 0.468 e. The Morgan fingerprint density at radius 1 is 1.12 bits per heavy atom. The van der Waals surface area contributed by atoms with Crippen molar-refractivity contribution in [2.24, 2.45) is 0 Å². The summed E-state index contributed by atoms with van der Waals surface area (Å²) in [6, 6.07) is 9.04. The van der Waals surface area contributed by atoms with Gasteiger partial charge in [-0.05, 0) is 18.4 Å². The molecule has 0 bridgehead atoms. The molecule has 2 aromatic rings. The second-order valence-corrected chi connectivity index (χ2v) is 6.80. The highest BCUT2D eigenvalue weighted by atomic mass is 16.3. The Morgan fingerprint density at radius 2 is 1.92 bits per heavy atom. The van der Waals surface area contributed by atoms with Gasteiger partial charge in [0, 0.05) is 19.3 Å². The van der Waals surface area contributed by atoms with Crippen molar-refractivity contribution in [3.63, 3.8) is 0 Å². The van der Waals surface area contributed by atoms with Crippen molar-refractivity contribution in [3.8, 4) is 0 Å². The van der Waals surface area contributed by atoms with Crippen molar-refractivity contribution in [1.82, 2.24) is 10.6 Å². The number of Topliss-reactive ketones (excluding diaryl/α,β-unsaturated/α-hetero) is 1. The molecule has 2 amide bonds. The minimum Gasteiger partial charge on any atom is -0.468 e. The Balaban J connectivity index is 1.57. The van der Waals surface area contributed by atoms with Gasteiger partial charge in [0.05, 0.1) is 23.2 Å². The van der Waals surface area contributed by atoms with Crippen molar-refractivity contribution >= 4 is 17.6 Å². The maximum absolute atomic E-state index is 12.8. The van der Waals surface area contributed by atoms with E-state index in [-0.39, 0.29) is 29.7 Å². The number of hydrogen-bond donors (Lipinski definition) is 2. The van der Waals surface area contributed by atoms with Crippen LogP contribution in [0.3, 0.4) is 0 Å². The Morgan fingerprint density at radius 3 is 2.73 bits per heavy atom. The molecule has 1 aliphatic heterocycles. The van der Waals surface area contributed by atoms with Crippen molar-refractivity contribution < 1.29 is 18.8 Å². The molecule has 1 aromatic carbocycles. The van der Waals surface area contributed by atoms with Crippen molar-refractivity contribution in [1.29, 1.82) is 0 Å². The van der Waals surface area contributed by atoms with Crippen LogP contribution >= 0.6 is 0 Å². The fourth-order valence-corrected chi connectivity index (χ4v) is 3.77. The molecule has 1 fully saturated rings. The first kappa shape index (κ1) is 16.6. The van der Waals surface area contributed by atoms with Crippen LogP contribution in [0.15, 0.2) is 41.0 Å². The number of rotatable bonds is 3. The summed E-state index contributed by atoms with van der Waals surface area (Å²) in [6.45, 7) is 0. The first-order valence-corrected chi connectivity index (χ1v) is 8.92. The Labute approximate surface area is 151 Å². The van der Waals surface area contributed by atoms with Gasteiger partial charge >= 0.3 is 0 Å². The summed E-state index contributed by atoms with van der Waals surface area (Å²) in [4.78, 5) is 36.9. The van der Waals surface area contributed by atoms with Gasteiger partial charge in [-0.2, -0.15) is 0 Å². The molecule has 0 spiro atoms. The molecule has 26 heavy (non-hydrogen) atoms. The summed E-state index contributed by atoms with van der Waals surface area (Å²) in [7, 11) is 0. The second-order valence-electron chi connectivity index (χ2n) is 6.80. The lowest BCUT2D eigenvalue weighted by molar-refractivity contribution is -0.123. The molecule has 2 heterocycles. The highest BCUT2D eigenvalue weighted by Gasteiger charge is 2.33. The number of piperidine rings is 1. The molecule has 1 aliphatic carbocycles. The molecule has 0 unspecified atom stereocenters. The van der Waals surface area contributed by atoms with Gasteiger partial charge in [-0.25, -0.2) is 0 Å². The molecule has 134 valence electrons. The predicted octanol–water partition coefficient (Wildman–Crippen LogP) is 2.55. The number of benzene rings is 1. The third kappa shape index (κ3) is 3.03. The Hall–Kier alpha value is -2.89. The summed E-state index contributed by atoms with van der Waals surface area (Å²) in [5.41, 5.74) is 1.66. The molecule has 0 saturated carbocycles. The number of aryl methyl sites for hydroxylation is 1. The first-order valence-electron chi connectivity index (χ1n) is 8.92. The fourth-order valence-electron chi connectivity index (χ4n) is 3.77. The maximum atomic E-state index is 12.8. The van der Waals surface area contributed by atoms with Gasteiger partial charge in [-0.3, -0.25) is 14.4 Å². The molecule has 2 N–H and O–H groups in total. The van der Waals surface area contributed by atoms with E-state index in [2.05, 4.69) is 10.6 Å². The molecule has 1 aromatic heterocycles. The van der Waals surface area contributed by atoms with Crippen LogP contribution in [0.25, 0.3) is 0 Å². The van der Waals surface area contributed by atoms with E-state index >= 15 is 0 Å². The van der Waals surface area contributed by atoms with E-state index in [4.69, 9.17) is 4.42 Å². The van der Waals surface area contributed by atoms with Gasteiger partial charge < -0.3 is 15.1 Å². The Bertz CT molecular complexity index is 856. The van der Waals surface area contributed by atoms with Crippen LogP contribution in [-0.4, -0.2) is 23.6 Å². The summed E-state index contributed by atoms with van der Waals surface area (Å²) in [5.74, 6) is 0.206. The highest BCUT2D eigenvalue weighted by Crippen LogP contribution is 2.28. The normalized spacial score (nSPS) is 22.5. The monoisotopic (exact) mass is 352 g/mol. The molecule has 1 saturated heterocycles. The van der Waals surface area contributed by atoms with Gasteiger partial charge in [0.1, 0.15) is 12.0 Å². The lowest BCUT2D eigenvalue weighted by Gasteiger charge is -2.33. The molecule has 4 rings (SSSR count). The van der Waals surface area contributed by atoms with Crippen LogP contribution in [0.5, 0.6) is 0 Å². The molecular weight excluding hydrogens is 332 g/mol. The van der Waals surface area contributed by atoms with Crippen LogP contribution in [0.4, 0.5) is 0 Å². The zero-order chi connectivity index (χ0) is 18.1. The number of furan rings is 1. The second kappa shape index (κ2) is 6.78. The van der Waals surface area contributed by atoms with Gasteiger partial charge in [-0.1, -0.05) is 30.3 Å². The number of carbonyl (C=O) groups excluding carboxylic acids is 3. The van der Waals surface area contributed by atoms with E-state index in [1.807, 2.05) is 30.3 Å². The number of fused-ring (bicyclic) bond motifs is 1. The van der Waals surface area contributed by atoms with E-state index in [0.717, 1.165) is 12.0 Å². The molecule has 6 heteroatoms. The number of amides is 2. The zero-order valence-corrected chi connectivity index (χ0v) is 14.3. The van der Waals surface area contributed by atoms with Crippen LogP contribution in [-0.2, 0) is 11.2 Å². The SMILES string of the molecule is O=C1CC[C@@H](NC(=O)c2coc3c2C(=O)CCC3)[C@H](c2ccccc2)N1. The van der Waals surface area contributed by atoms with Crippen LogP contribution in [0.1, 0.15) is 63.8 Å². The van der Waals surface area contributed by atoms with E-state index in [0.29, 0.717) is 42.6 Å². The van der Waals surface area contributed by atoms with Gasteiger partial charge in [0.15, 0.2) is 5.78 Å². The summed E-state index contributed by atoms with van der Waals surface area (Å²) in [6.07, 6.45) is 4.16. The third-order valence-electron chi connectivity index (χ3n) is 5.07. The van der Waals surface area contributed by atoms with Crippen LogP contribution in [0.2, 0.25) is 0 Å². The fraction of sp³-hybridized carbons (Fsp3) is 0.350. The predicted molar refractivity (Wildman–Crippen MR) is 93.8 cm³/mol. The molecular formula is C20H20N2O4. The third-order valence-corrected chi connectivity index (χ3v) is 5.07. The molecule has 2 atom stereocenters. The van der Waals surface area contributed by atoms with E-state index in [1.54, 1.807) is 0 Å². The van der Waals surface area contributed by atoms with E-state index in [9.17, 15) is 14.4 Å².